The van der Waals surface area contributed by atoms with Gasteiger partial charge in [0.25, 0.3) is 0 Å². The van der Waals surface area contributed by atoms with Crippen LogP contribution in [0.25, 0.3) is 6.08 Å². The van der Waals surface area contributed by atoms with E-state index in [1.165, 1.54) is 0 Å². The predicted molar refractivity (Wildman–Crippen MR) is 56.8 cm³/mol. The Bertz CT molecular complexity index is 285. The Kier molecular flexibility index (Phi) is 3.55. The number of rotatable bonds is 2. The van der Waals surface area contributed by atoms with E-state index in [0.717, 1.165) is 15.8 Å². The largest absolute Gasteiger partial charge is 0.449 e. The normalized spacial score (nSPS) is 12.2. The first-order valence-electron chi connectivity index (χ1n) is 3.45. The van der Waals surface area contributed by atoms with E-state index in [0.29, 0.717) is 11.2 Å². The highest BCUT2D eigenvalue weighted by Crippen LogP contribution is 2.27. The molecule has 0 saturated carbocycles. The Morgan fingerprint density at radius 2 is 2.33 bits per heavy atom. The molecule has 1 aromatic rings. The van der Waals surface area contributed by atoms with Crippen molar-refractivity contribution in [2.45, 2.75) is 6.92 Å². The van der Waals surface area contributed by atoms with Gasteiger partial charge in [-0.25, -0.2) is 0 Å². The molecule has 0 unspecified atom stereocenters. The molecule has 0 aliphatic carbocycles. The maximum atomic E-state index is 5.43. The van der Waals surface area contributed by atoms with Crippen LogP contribution < -0.4 is 5.73 Å². The van der Waals surface area contributed by atoms with Gasteiger partial charge in [0.05, 0.1) is 4.47 Å². The van der Waals surface area contributed by atoms with Crippen LogP contribution in [-0.2, 0) is 0 Å². The van der Waals surface area contributed by atoms with Crippen molar-refractivity contribution >= 4 is 37.9 Å². The van der Waals surface area contributed by atoms with E-state index in [2.05, 4.69) is 31.9 Å². The second-order valence-corrected chi connectivity index (χ2v) is 4.04. The van der Waals surface area contributed by atoms with Crippen molar-refractivity contribution in [3.8, 4) is 0 Å². The van der Waals surface area contributed by atoms with Crippen LogP contribution in [0.15, 0.2) is 25.2 Å². The minimum Gasteiger partial charge on any atom is -0.449 e. The van der Waals surface area contributed by atoms with Gasteiger partial charge in [-0.15, -0.1) is 0 Å². The fourth-order valence-corrected chi connectivity index (χ4v) is 1.34. The second kappa shape index (κ2) is 4.25. The average Bonchev–Trinajstić information content (AvgIpc) is 2.31. The summed E-state index contributed by atoms with van der Waals surface area (Å²) in [6.07, 6.45) is 1.91. The average molecular weight is 295 g/mol. The van der Waals surface area contributed by atoms with E-state index in [4.69, 9.17) is 10.2 Å². The summed E-state index contributed by atoms with van der Waals surface area (Å²) in [5.41, 5.74) is 6.52. The van der Waals surface area contributed by atoms with Crippen molar-refractivity contribution in [2.75, 3.05) is 6.54 Å². The summed E-state index contributed by atoms with van der Waals surface area (Å²) in [6.45, 7) is 2.51. The van der Waals surface area contributed by atoms with Crippen molar-refractivity contribution in [3.05, 3.63) is 26.5 Å². The van der Waals surface area contributed by atoms with Crippen LogP contribution in [-0.4, -0.2) is 6.54 Å². The minimum atomic E-state index is 0.552. The van der Waals surface area contributed by atoms with Crippen LogP contribution in [0.2, 0.25) is 0 Å². The van der Waals surface area contributed by atoms with Gasteiger partial charge in [-0.3, -0.25) is 0 Å². The van der Waals surface area contributed by atoms with E-state index in [1.807, 2.05) is 19.1 Å². The van der Waals surface area contributed by atoms with Gasteiger partial charge in [0.2, 0.25) is 0 Å². The highest BCUT2D eigenvalue weighted by molar-refractivity contribution is 9.13. The van der Waals surface area contributed by atoms with Crippen LogP contribution in [0.4, 0.5) is 0 Å². The van der Waals surface area contributed by atoms with Crippen molar-refractivity contribution in [1.29, 1.82) is 0 Å². The number of halogens is 2. The maximum absolute atomic E-state index is 5.43. The third-order valence-corrected chi connectivity index (χ3v) is 3.08. The van der Waals surface area contributed by atoms with Crippen LogP contribution in [0.3, 0.4) is 0 Å². The Hall–Kier alpha value is -0.0600. The summed E-state index contributed by atoms with van der Waals surface area (Å²) in [4.78, 5) is 0. The van der Waals surface area contributed by atoms with Gasteiger partial charge >= 0.3 is 0 Å². The summed E-state index contributed by atoms with van der Waals surface area (Å²) in [7, 11) is 0. The molecule has 2 nitrogen and oxygen atoms in total. The first-order valence-corrected chi connectivity index (χ1v) is 5.04. The van der Waals surface area contributed by atoms with Gasteiger partial charge in [-0.1, -0.05) is 5.57 Å². The molecular weight excluding hydrogens is 286 g/mol. The lowest BCUT2D eigenvalue weighted by Crippen LogP contribution is -1.98. The van der Waals surface area contributed by atoms with Crippen LogP contribution >= 0.6 is 31.9 Å². The summed E-state index contributed by atoms with van der Waals surface area (Å²) < 4.78 is 6.95. The number of nitrogens with two attached hydrogens (primary N) is 1. The van der Waals surface area contributed by atoms with Gasteiger partial charge in [-0.2, -0.15) is 0 Å². The first-order chi connectivity index (χ1) is 5.63. The van der Waals surface area contributed by atoms with E-state index in [1.54, 1.807) is 0 Å². The molecule has 1 rings (SSSR count). The number of furan rings is 1. The SMILES string of the molecule is CC(=Cc1cc(Br)c(Br)o1)CN. The molecule has 0 radical (unpaired) electrons. The van der Waals surface area contributed by atoms with E-state index >= 15 is 0 Å². The Labute approximate surface area is 88.1 Å². The van der Waals surface area contributed by atoms with Gasteiger partial charge in [0.15, 0.2) is 4.67 Å². The maximum Gasteiger partial charge on any atom is 0.184 e. The third-order valence-electron chi connectivity index (χ3n) is 1.37. The quantitative estimate of drug-likeness (QED) is 0.910. The van der Waals surface area contributed by atoms with Crippen molar-refractivity contribution < 1.29 is 4.42 Å². The fraction of sp³-hybridized carbons (Fsp3) is 0.250. The van der Waals surface area contributed by atoms with Crippen molar-refractivity contribution in [2.24, 2.45) is 5.73 Å². The Morgan fingerprint density at radius 3 is 2.75 bits per heavy atom. The zero-order valence-corrected chi connectivity index (χ0v) is 9.78. The molecule has 0 spiro atoms. The monoisotopic (exact) mass is 293 g/mol. The second-order valence-electron chi connectivity index (χ2n) is 2.47. The molecule has 66 valence electrons. The molecule has 1 heterocycles. The molecule has 0 saturated heterocycles. The zero-order valence-electron chi connectivity index (χ0n) is 6.60. The van der Waals surface area contributed by atoms with E-state index in [9.17, 15) is 0 Å². The first kappa shape index (κ1) is 10.0. The van der Waals surface area contributed by atoms with Crippen molar-refractivity contribution in [3.63, 3.8) is 0 Å². The van der Waals surface area contributed by atoms with Crippen LogP contribution in [0.5, 0.6) is 0 Å². The van der Waals surface area contributed by atoms with E-state index in [-0.39, 0.29) is 0 Å². The molecule has 0 amide bonds. The summed E-state index contributed by atoms with van der Waals surface area (Å²) >= 11 is 6.58. The summed E-state index contributed by atoms with van der Waals surface area (Å²) in [5.74, 6) is 0.803. The van der Waals surface area contributed by atoms with Gasteiger partial charge in [0, 0.05) is 6.54 Å². The molecule has 0 atom stereocenters. The molecule has 0 bridgehead atoms. The highest BCUT2D eigenvalue weighted by Gasteiger charge is 2.03. The summed E-state index contributed by atoms with van der Waals surface area (Å²) in [6, 6.07) is 1.89. The minimum absolute atomic E-state index is 0.552. The smallest absolute Gasteiger partial charge is 0.184 e. The molecule has 0 fully saturated rings. The predicted octanol–water partition coefficient (Wildman–Crippen LogP) is 3.17. The van der Waals surface area contributed by atoms with Gasteiger partial charge < -0.3 is 10.2 Å². The van der Waals surface area contributed by atoms with Crippen molar-refractivity contribution in [1.82, 2.24) is 0 Å². The standard InChI is InChI=1S/C8H9Br2NO/c1-5(4-11)2-6-3-7(9)8(10)12-6/h2-3H,4,11H2,1H3. The number of hydrogen-bond acceptors (Lipinski definition) is 2. The lowest BCUT2D eigenvalue weighted by Gasteiger charge is -1.91. The molecule has 0 aliphatic heterocycles. The van der Waals surface area contributed by atoms with Gasteiger partial charge in [-0.05, 0) is 50.9 Å². The topological polar surface area (TPSA) is 39.2 Å². The molecule has 0 aliphatic rings. The molecule has 0 aromatic carbocycles. The fourth-order valence-electron chi connectivity index (χ4n) is 0.736. The van der Waals surface area contributed by atoms with E-state index < -0.39 is 0 Å². The lowest BCUT2D eigenvalue weighted by atomic mass is 10.2. The molecule has 12 heavy (non-hydrogen) atoms. The Balaban J connectivity index is 2.90. The highest BCUT2D eigenvalue weighted by atomic mass is 79.9. The lowest BCUT2D eigenvalue weighted by molar-refractivity contribution is 0.529. The molecule has 4 heteroatoms. The van der Waals surface area contributed by atoms with Gasteiger partial charge in [0.1, 0.15) is 5.76 Å². The zero-order chi connectivity index (χ0) is 9.14. The van der Waals surface area contributed by atoms with Crippen LogP contribution in [0.1, 0.15) is 12.7 Å². The van der Waals surface area contributed by atoms with Crippen LogP contribution in [0, 0.1) is 0 Å². The number of hydrogen-bond donors (Lipinski definition) is 1. The summed E-state index contributed by atoms with van der Waals surface area (Å²) in [5, 5.41) is 0. The molecule has 1 aromatic heterocycles. The third kappa shape index (κ3) is 2.47. The molecule has 2 N–H and O–H groups in total. The molecular formula is C8H9Br2NO. The Morgan fingerprint density at radius 1 is 1.67 bits per heavy atom.